The van der Waals surface area contributed by atoms with Gasteiger partial charge in [-0.2, -0.15) is 0 Å². The van der Waals surface area contributed by atoms with Crippen molar-refractivity contribution in [2.24, 2.45) is 0 Å². The fourth-order valence-electron chi connectivity index (χ4n) is 1.27. The Morgan fingerprint density at radius 2 is 2.00 bits per heavy atom. The Balaban J connectivity index is 2.26. The number of para-hydroxylation sites is 2. The highest BCUT2D eigenvalue weighted by atomic mass is 35.5. The van der Waals surface area contributed by atoms with Crippen molar-refractivity contribution in [3.63, 3.8) is 0 Å². The lowest BCUT2D eigenvalue weighted by molar-refractivity contribution is 0.292. The van der Waals surface area contributed by atoms with Gasteiger partial charge in [0.05, 0.1) is 7.11 Å². The minimum absolute atomic E-state index is 0.145. The second-order valence-corrected chi connectivity index (χ2v) is 4.23. The largest absolute Gasteiger partial charge is 0.493 e. The number of methoxy groups -OCH3 is 1. The van der Waals surface area contributed by atoms with Crippen LogP contribution in [0.15, 0.2) is 24.3 Å². The average molecular weight is 244 g/mol. The molecule has 0 aromatic heterocycles. The van der Waals surface area contributed by atoms with Crippen molar-refractivity contribution in [2.45, 2.75) is 12.3 Å². The summed E-state index contributed by atoms with van der Waals surface area (Å²) < 4.78 is 10.8. The molecule has 1 unspecified atom stereocenters. The lowest BCUT2D eigenvalue weighted by atomic mass is 10.3. The first-order chi connectivity index (χ1) is 7.74. The van der Waals surface area contributed by atoms with Gasteiger partial charge in [-0.25, -0.2) is 0 Å². The fourth-order valence-corrected chi connectivity index (χ4v) is 1.38. The van der Waals surface area contributed by atoms with E-state index in [0.29, 0.717) is 6.61 Å². The molecular formula is C12H18ClNO2. The van der Waals surface area contributed by atoms with Crippen LogP contribution < -0.4 is 14.8 Å². The molecule has 0 heterocycles. The molecule has 0 aliphatic rings. The van der Waals surface area contributed by atoms with Crippen LogP contribution in [0.4, 0.5) is 0 Å². The van der Waals surface area contributed by atoms with Gasteiger partial charge in [0.1, 0.15) is 6.61 Å². The van der Waals surface area contributed by atoms with Crippen molar-refractivity contribution in [3.8, 4) is 11.5 Å². The van der Waals surface area contributed by atoms with Gasteiger partial charge >= 0.3 is 0 Å². The Hall–Kier alpha value is -0.930. The molecule has 1 N–H and O–H groups in total. The Morgan fingerprint density at radius 1 is 1.31 bits per heavy atom. The Kier molecular flexibility index (Phi) is 6.04. The maximum absolute atomic E-state index is 5.80. The molecule has 0 saturated carbocycles. The van der Waals surface area contributed by atoms with Crippen LogP contribution in [-0.2, 0) is 0 Å². The molecule has 1 atom stereocenters. The summed E-state index contributed by atoms with van der Waals surface area (Å²) in [5.74, 6) is 1.53. The molecule has 0 radical (unpaired) electrons. The molecule has 4 heteroatoms. The highest BCUT2D eigenvalue weighted by Crippen LogP contribution is 2.25. The van der Waals surface area contributed by atoms with Crippen molar-refractivity contribution in [3.05, 3.63) is 24.3 Å². The fraction of sp³-hybridized carbons (Fsp3) is 0.500. The van der Waals surface area contributed by atoms with Gasteiger partial charge in [0, 0.05) is 18.5 Å². The number of benzene rings is 1. The molecular weight excluding hydrogens is 226 g/mol. The molecule has 0 fully saturated rings. The summed E-state index contributed by atoms with van der Waals surface area (Å²) in [4.78, 5) is 0. The quantitative estimate of drug-likeness (QED) is 0.589. The van der Waals surface area contributed by atoms with Crippen molar-refractivity contribution in [1.82, 2.24) is 5.32 Å². The van der Waals surface area contributed by atoms with E-state index in [4.69, 9.17) is 21.1 Å². The topological polar surface area (TPSA) is 30.5 Å². The number of ether oxygens (including phenoxy) is 2. The summed E-state index contributed by atoms with van der Waals surface area (Å²) in [6.07, 6.45) is 0. The molecule has 0 bridgehead atoms. The van der Waals surface area contributed by atoms with Gasteiger partial charge in [0.15, 0.2) is 11.5 Å². The van der Waals surface area contributed by atoms with Gasteiger partial charge in [-0.15, -0.1) is 11.6 Å². The number of nitrogens with one attached hydrogen (secondary N) is 1. The van der Waals surface area contributed by atoms with Crippen LogP contribution in [0.25, 0.3) is 0 Å². The Bertz CT molecular complexity index is 305. The summed E-state index contributed by atoms with van der Waals surface area (Å²) in [5.41, 5.74) is 0. The first kappa shape index (κ1) is 13.1. The second-order valence-electron chi connectivity index (χ2n) is 3.48. The second kappa shape index (κ2) is 7.36. The van der Waals surface area contributed by atoms with Crippen LogP contribution in [0.2, 0.25) is 0 Å². The highest BCUT2D eigenvalue weighted by Gasteiger charge is 2.01. The minimum atomic E-state index is 0.145. The van der Waals surface area contributed by atoms with Crippen LogP contribution in [-0.4, -0.2) is 32.2 Å². The average Bonchev–Trinajstić information content (AvgIpc) is 2.29. The van der Waals surface area contributed by atoms with Gasteiger partial charge in [-0.1, -0.05) is 12.1 Å². The van der Waals surface area contributed by atoms with E-state index in [1.165, 1.54) is 0 Å². The molecule has 0 aliphatic heterocycles. The van der Waals surface area contributed by atoms with E-state index in [1.54, 1.807) is 7.11 Å². The third-order valence-corrected chi connectivity index (χ3v) is 2.19. The van der Waals surface area contributed by atoms with Crippen LogP contribution in [0.5, 0.6) is 11.5 Å². The van der Waals surface area contributed by atoms with Crippen LogP contribution in [0.1, 0.15) is 6.92 Å². The third-order valence-electron chi connectivity index (χ3n) is 2.03. The van der Waals surface area contributed by atoms with E-state index in [1.807, 2.05) is 31.2 Å². The molecule has 1 aromatic carbocycles. The molecule has 0 amide bonds. The molecule has 0 aliphatic carbocycles. The zero-order chi connectivity index (χ0) is 11.8. The van der Waals surface area contributed by atoms with Gasteiger partial charge < -0.3 is 14.8 Å². The molecule has 16 heavy (non-hydrogen) atoms. The van der Waals surface area contributed by atoms with Gasteiger partial charge in [-0.05, 0) is 19.1 Å². The van der Waals surface area contributed by atoms with Crippen molar-refractivity contribution in [2.75, 3.05) is 26.8 Å². The molecule has 0 saturated heterocycles. The van der Waals surface area contributed by atoms with Crippen molar-refractivity contribution in [1.29, 1.82) is 0 Å². The number of rotatable bonds is 7. The van der Waals surface area contributed by atoms with Gasteiger partial charge in [0.2, 0.25) is 0 Å². The summed E-state index contributed by atoms with van der Waals surface area (Å²) in [7, 11) is 1.63. The standard InChI is InChI=1S/C12H18ClNO2/c1-10(13)9-14-7-8-16-12-6-4-3-5-11(12)15-2/h3-6,10,14H,7-9H2,1-2H3. The molecule has 90 valence electrons. The summed E-state index contributed by atoms with van der Waals surface area (Å²) >= 11 is 5.80. The molecule has 1 rings (SSSR count). The Labute approximate surface area is 102 Å². The van der Waals surface area contributed by atoms with Crippen molar-refractivity contribution >= 4 is 11.6 Å². The van der Waals surface area contributed by atoms with Gasteiger partial charge in [-0.3, -0.25) is 0 Å². The zero-order valence-corrected chi connectivity index (χ0v) is 10.5. The number of halogens is 1. The SMILES string of the molecule is COc1ccccc1OCCNCC(C)Cl. The molecule has 1 aromatic rings. The predicted molar refractivity (Wildman–Crippen MR) is 66.7 cm³/mol. The number of alkyl halides is 1. The third kappa shape index (κ3) is 4.73. The van der Waals surface area contributed by atoms with Crippen LogP contribution in [0.3, 0.4) is 0 Å². The smallest absolute Gasteiger partial charge is 0.161 e. The minimum Gasteiger partial charge on any atom is -0.493 e. The first-order valence-corrected chi connectivity index (χ1v) is 5.78. The van der Waals surface area contributed by atoms with Gasteiger partial charge in [0.25, 0.3) is 0 Å². The highest BCUT2D eigenvalue weighted by molar-refractivity contribution is 6.20. The summed E-state index contributed by atoms with van der Waals surface area (Å²) in [5, 5.41) is 3.34. The van der Waals surface area contributed by atoms with E-state index in [9.17, 15) is 0 Å². The van der Waals surface area contributed by atoms with E-state index >= 15 is 0 Å². The van der Waals surface area contributed by atoms with Crippen molar-refractivity contribution < 1.29 is 9.47 Å². The normalized spacial score (nSPS) is 12.2. The summed E-state index contributed by atoms with van der Waals surface area (Å²) in [6, 6.07) is 7.61. The van der Waals surface area contributed by atoms with Crippen LogP contribution >= 0.6 is 11.6 Å². The first-order valence-electron chi connectivity index (χ1n) is 5.34. The van der Waals surface area contributed by atoms with Crippen LogP contribution in [0, 0.1) is 0 Å². The lowest BCUT2D eigenvalue weighted by Crippen LogP contribution is -2.26. The van der Waals surface area contributed by atoms with E-state index < -0.39 is 0 Å². The van der Waals surface area contributed by atoms with E-state index in [2.05, 4.69) is 5.32 Å². The maximum Gasteiger partial charge on any atom is 0.161 e. The van der Waals surface area contributed by atoms with E-state index in [0.717, 1.165) is 24.6 Å². The zero-order valence-electron chi connectivity index (χ0n) is 9.70. The lowest BCUT2D eigenvalue weighted by Gasteiger charge is -2.11. The molecule has 0 spiro atoms. The number of hydrogen-bond donors (Lipinski definition) is 1. The monoisotopic (exact) mass is 243 g/mol. The predicted octanol–water partition coefficient (Wildman–Crippen LogP) is 2.29. The Morgan fingerprint density at radius 3 is 2.62 bits per heavy atom. The molecule has 3 nitrogen and oxygen atoms in total. The summed E-state index contributed by atoms with van der Waals surface area (Å²) in [6.45, 7) is 4.12. The number of hydrogen-bond acceptors (Lipinski definition) is 3. The maximum atomic E-state index is 5.80. The van der Waals surface area contributed by atoms with E-state index in [-0.39, 0.29) is 5.38 Å².